The van der Waals surface area contributed by atoms with Gasteiger partial charge in [0.25, 0.3) is 11.8 Å². The minimum absolute atomic E-state index is 0.126. The van der Waals surface area contributed by atoms with Gasteiger partial charge in [-0.25, -0.2) is 9.78 Å². The third-order valence-corrected chi connectivity index (χ3v) is 4.95. The van der Waals surface area contributed by atoms with Crippen LogP contribution in [0.3, 0.4) is 0 Å². The molecule has 3 N–H and O–H groups in total. The van der Waals surface area contributed by atoms with E-state index in [1.165, 1.54) is 12.1 Å². The lowest BCUT2D eigenvalue weighted by molar-refractivity contribution is 0.0141. The topological polar surface area (TPSA) is 118 Å². The number of halogens is 1. The highest BCUT2D eigenvalue weighted by atomic mass is 35.5. The third kappa shape index (κ3) is 5.88. The first kappa shape index (κ1) is 23.3. The van der Waals surface area contributed by atoms with Crippen LogP contribution in [0.1, 0.15) is 41.5 Å². The van der Waals surface area contributed by atoms with Crippen LogP contribution in [-0.2, 0) is 4.74 Å². The third-order valence-electron chi connectivity index (χ3n) is 4.74. The van der Waals surface area contributed by atoms with Crippen molar-refractivity contribution >= 4 is 41.0 Å². The lowest BCUT2D eigenvalue weighted by Crippen LogP contribution is -2.51. The summed E-state index contributed by atoms with van der Waals surface area (Å²) in [6.45, 7) is 7.13. The quantitative estimate of drug-likeness (QED) is 0.677. The lowest BCUT2D eigenvalue weighted by atomic mass is 10.1. The van der Waals surface area contributed by atoms with Crippen LogP contribution in [0.2, 0.25) is 5.15 Å². The molecule has 1 saturated heterocycles. The number of rotatable bonds is 4. The second-order valence-electron chi connectivity index (χ2n) is 8.36. The molecule has 2 aromatic rings. The maximum atomic E-state index is 12.8. The van der Waals surface area contributed by atoms with E-state index >= 15 is 0 Å². The van der Waals surface area contributed by atoms with Crippen molar-refractivity contribution in [2.45, 2.75) is 26.4 Å². The molecule has 32 heavy (non-hydrogen) atoms. The van der Waals surface area contributed by atoms with Crippen LogP contribution >= 0.6 is 11.6 Å². The fraction of sp³-hybridized carbons (Fsp3) is 0.364. The number of ether oxygens (including phenoxy) is 1. The number of nitrogens with two attached hydrogens (primary N) is 1. The number of nitrogens with one attached hydrogen (secondary N) is 1. The number of piperazine rings is 1. The monoisotopic (exact) mass is 459 g/mol. The molecule has 10 heteroatoms. The summed E-state index contributed by atoms with van der Waals surface area (Å²) in [6, 6.07) is 9.75. The molecular formula is C22H26ClN5O4. The Labute approximate surface area is 191 Å². The Morgan fingerprint density at radius 1 is 1.00 bits per heavy atom. The van der Waals surface area contributed by atoms with Crippen molar-refractivity contribution in [1.82, 2.24) is 14.8 Å². The van der Waals surface area contributed by atoms with Crippen molar-refractivity contribution in [1.29, 1.82) is 0 Å². The fourth-order valence-electron chi connectivity index (χ4n) is 3.16. The zero-order valence-electron chi connectivity index (χ0n) is 18.2. The van der Waals surface area contributed by atoms with Gasteiger partial charge in [-0.1, -0.05) is 11.6 Å². The summed E-state index contributed by atoms with van der Waals surface area (Å²) < 4.78 is 5.38. The fourth-order valence-corrected chi connectivity index (χ4v) is 3.31. The van der Waals surface area contributed by atoms with Crippen molar-refractivity contribution in [3.05, 3.63) is 52.7 Å². The number of anilines is 2. The summed E-state index contributed by atoms with van der Waals surface area (Å²) in [5, 5.41) is 3.22. The highest BCUT2D eigenvalue weighted by Gasteiger charge is 2.28. The van der Waals surface area contributed by atoms with Crippen molar-refractivity contribution in [2.75, 3.05) is 31.5 Å². The van der Waals surface area contributed by atoms with Crippen LogP contribution < -0.4 is 11.1 Å². The summed E-state index contributed by atoms with van der Waals surface area (Å²) in [5.74, 6) is -0.518. The van der Waals surface area contributed by atoms with E-state index in [0.717, 1.165) is 0 Å². The van der Waals surface area contributed by atoms with Gasteiger partial charge in [0.15, 0.2) is 0 Å². The summed E-state index contributed by atoms with van der Waals surface area (Å²) in [4.78, 5) is 44.0. The van der Waals surface area contributed by atoms with Crippen LogP contribution in [0.15, 0.2) is 36.4 Å². The number of benzene rings is 1. The zero-order chi connectivity index (χ0) is 23.5. The molecule has 0 aliphatic carbocycles. The summed E-state index contributed by atoms with van der Waals surface area (Å²) in [5.41, 5.74) is 6.16. The van der Waals surface area contributed by atoms with Gasteiger partial charge in [0, 0.05) is 37.4 Å². The molecule has 0 unspecified atom stereocenters. The van der Waals surface area contributed by atoms with Crippen molar-refractivity contribution < 1.29 is 19.1 Å². The van der Waals surface area contributed by atoms with E-state index in [0.29, 0.717) is 37.4 Å². The molecule has 0 radical (unpaired) electrons. The van der Waals surface area contributed by atoms with Gasteiger partial charge >= 0.3 is 6.09 Å². The van der Waals surface area contributed by atoms with Crippen molar-refractivity contribution in [2.24, 2.45) is 5.73 Å². The molecule has 170 valence electrons. The predicted octanol–water partition coefficient (Wildman–Crippen LogP) is 3.27. The number of hydrogen-bond donors (Lipinski definition) is 2. The number of pyridine rings is 1. The van der Waals surface area contributed by atoms with Gasteiger partial charge in [0.05, 0.1) is 5.56 Å². The largest absolute Gasteiger partial charge is 0.444 e. The molecule has 0 spiro atoms. The number of primary amides is 1. The van der Waals surface area contributed by atoms with Gasteiger partial charge in [0.2, 0.25) is 0 Å². The first-order valence-electron chi connectivity index (χ1n) is 10.1. The van der Waals surface area contributed by atoms with E-state index in [1.807, 2.05) is 20.8 Å². The molecule has 1 aliphatic heterocycles. The van der Waals surface area contributed by atoms with Crippen LogP contribution in [0.4, 0.5) is 16.3 Å². The first-order valence-corrected chi connectivity index (χ1v) is 10.5. The number of aromatic nitrogens is 1. The van der Waals surface area contributed by atoms with Crippen LogP contribution in [0.25, 0.3) is 0 Å². The van der Waals surface area contributed by atoms with Gasteiger partial charge in [-0.3, -0.25) is 9.59 Å². The molecule has 9 nitrogen and oxygen atoms in total. The van der Waals surface area contributed by atoms with E-state index in [4.69, 9.17) is 22.1 Å². The molecule has 1 aromatic heterocycles. The molecule has 1 aromatic carbocycles. The predicted molar refractivity (Wildman–Crippen MR) is 121 cm³/mol. The second kappa shape index (κ2) is 9.44. The van der Waals surface area contributed by atoms with Gasteiger partial charge in [-0.2, -0.15) is 0 Å². The molecule has 1 aliphatic rings. The molecule has 0 saturated carbocycles. The second-order valence-corrected chi connectivity index (χ2v) is 8.74. The summed E-state index contributed by atoms with van der Waals surface area (Å²) in [7, 11) is 0. The average molecular weight is 460 g/mol. The van der Waals surface area contributed by atoms with Gasteiger partial charge in [-0.15, -0.1) is 0 Å². The van der Waals surface area contributed by atoms with Gasteiger partial charge in [0.1, 0.15) is 16.6 Å². The Kier molecular flexibility index (Phi) is 6.88. The van der Waals surface area contributed by atoms with E-state index in [9.17, 15) is 14.4 Å². The smallest absolute Gasteiger partial charge is 0.410 e. The Hall–Kier alpha value is -3.33. The minimum Gasteiger partial charge on any atom is -0.444 e. The van der Waals surface area contributed by atoms with E-state index in [-0.39, 0.29) is 28.5 Å². The number of hydrogen-bond acceptors (Lipinski definition) is 6. The summed E-state index contributed by atoms with van der Waals surface area (Å²) >= 11 is 5.92. The Morgan fingerprint density at radius 2 is 1.59 bits per heavy atom. The SMILES string of the molecule is CC(C)(C)OC(=O)N1CCN(C(=O)c2ccc(Nc3nc(Cl)ccc3C(N)=O)cc2)CC1. The number of carbonyl (C=O) groups excluding carboxylic acids is 3. The van der Waals surface area contributed by atoms with E-state index in [2.05, 4.69) is 10.3 Å². The van der Waals surface area contributed by atoms with Crippen molar-refractivity contribution in [3.63, 3.8) is 0 Å². The molecule has 1 fully saturated rings. The van der Waals surface area contributed by atoms with E-state index < -0.39 is 11.5 Å². The van der Waals surface area contributed by atoms with Crippen LogP contribution in [0.5, 0.6) is 0 Å². The highest BCUT2D eigenvalue weighted by Crippen LogP contribution is 2.22. The number of carbonyl (C=O) groups is 3. The molecular weight excluding hydrogens is 434 g/mol. The molecule has 3 rings (SSSR count). The highest BCUT2D eigenvalue weighted by molar-refractivity contribution is 6.29. The van der Waals surface area contributed by atoms with Gasteiger partial charge < -0.3 is 25.6 Å². The average Bonchev–Trinajstić information content (AvgIpc) is 2.72. The maximum absolute atomic E-state index is 12.8. The van der Waals surface area contributed by atoms with E-state index in [1.54, 1.807) is 34.1 Å². The molecule has 0 atom stereocenters. The number of nitrogens with zero attached hydrogens (tertiary/aromatic N) is 3. The molecule has 3 amide bonds. The lowest BCUT2D eigenvalue weighted by Gasteiger charge is -2.35. The summed E-state index contributed by atoms with van der Waals surface area (Å²) in [6.07, 6.45) is -0.370. The Bertz CT molecular complexity index is 1010. The van der Waals surface area contributed by atoms with Crippen molar-refractivity contribution in [3.8, 4) is 0 Å². The standard InChI is InChI=1S/C22H26ClN5O4/c1-22(2,3)32-21(31)28-12-10-27(11-13-28)20(30)14-4-6-15(7-5-14)25-19-16(18(24)29)8-9-17(23)26-19/h4-9H,10-13H2,1-3H3,(H2,24,29)(H,25,26). The van der Waals surface area contributed by atoms with Crippen LogP contribution in [-0.4, -0.2) is 64.5 Å². The van der Waals surface area contributed by atoms with Crippen LogP contribution in [0, 0.1) is 0 Å². The maximum Gasteiger partial charge on any atom is 0.410 e. The zero-order valence-corrected chi connectivity index (χ0v) is 19.0. The number of amides is 3. The Balaban J connectivity index is 1.61. The normalized spacial score (nSPS) is 14.1. The molecule has 2 heterocycles. The molecule has 0 bridgehead atoms. The first-order chi connectivity index (χ1) is 15.0. The minimum atomic E-state index is -0.631. The Morgan fingerprint density at radius 3 is 2.16 bits per heavy atom. The van der Waals surface area contributed by atoms with Gasteiger partial charge in [-0.05, 0) is 57.2 Å².